The van der Waals surface area contributed by atoms with Crippen LogP contribution in [0.1, 0.15) is 90.7 Å². The number of nitrogens with zero attached hydrogens (tertiary/aromatic N) is 12. The van der Waals surface area contributed by atoms with E-state index >= 15 is 0 Å². The highest BCUT2D eigenvalue weighted by Crippen LogP contribution is 2.59. The molecule has 8 aromatic heterocycles. The van der Waals surface area contributed by atoms with Gasteiger partial charge in [-0.2, -0.15) is 10.2 Å². The van der Waals surface area contributed by atoms with Crippen LogP contribution in [0.2, 0.25) is 0 Å². The summed E-state index contributed by atoms with van der Waals surface area (Å²) >= 11 is 0. The summed E-state index contributed by atoms with van der Waals surface area (Å²) < 4.78 is 8.73. The average molecular weight is 763 g/mol. The summed E-state index contributed by atoms with van der Waals surface area (Å²) in [5.41, 5.74) is 15.0. The van der Waals surface area contributed by atoms with Crippen LogP contribution in [0.15, 0.2) is 91.6 Å². The molecule has 4 bridgehead atoms. The van der Waals surface area contributed by atoms with E-state index in [1.807, 2.05) is 61.2 Å². The second-order valence-electron chi connectivity index (χ2n) is 16.8. The van der Waals surface area contributed by atoms with E-state index in [1.165, 1.54) is 25.1 Å². The summed E-state index contributed by atoms with van der Waals surface area (Å²) in [4.78, 5) is 31.2. The molecular weight excluding hydrogens is 721 g/mol. The number of fused-ring (bicyclic) bond motifs is 10. The van der Waals surface area contributed by atoms with Crippen molar-refractivity contribution in [2.45, 2.75) is 75.8 Å². The molecule has 0 aromatic carbocycles. The Kier molecular flexibility index (Phi) is 7.22. The maximum absolute atomic E-state index is 5.53. The van der Waals surface area contributed by atoms with Crippen molar-refractivity contribution >= 4 is 0 Å². The predicted octanol–water partition coefficient (Wildman–Crippen LogP) is 8.78. The van der Waals surface area contributed by atoms with Crippen LogP contribution in [-0.4, -0.2) is 58.6 Å². The Morgan fingerprint density at radius 3 is 1.88 bits per heavy atom. The summed E-state index contributed by atoms with van der Waals surface area (Å²) in [6.45, 7) is 4.10. The van der Waals surface area contributed by atoms with Crippen molar-refractivity contribution in [2.75, 3.05) is 0 Å². The van der Waals surface area contributed by atoms with Gasteiger partial charge >= 0.3 is 0 Å². The highest BCUT2D eigenvalue weighted by atomic mass is 15.2. The van der Waals surface area contributed by atoms with Crippen molar-refractivity contribution in [1.29, 1.82) is 0 Å². The van der Waals surface area contributed by atoms with Gasteiger partial charge in [0, 0.05) is 102 Å². The molecule has 2 saturated carbocycles. The van der Waals surface area contributed by atoms with Crippen molar-refractivity contribution in [3.8, 4) is 67.8 Å². The van der Waals surface area contributed by atoms with E-state index in [1.54, 1.807) is 0 Å². The number of pyridine rings is 4. The molecule has 0 spiro atoms. The van der Waals surface area contributed by atoms with Crippen LogP contribution < -0.4 is 0 Å². The highest BCUT2D eigenvalue weighted by Gasteiger charge is 2.49. The number of hydrogen-bond donors (Lipinski definition) is 0. The fourth-order valence-electron chi connectivity index (χ4n) is 10.6. The van der Waals surface area contributed by atoms with Crippen LogP contribution in [-0.2, 0) is 14.1 Å². The van der Waals surface area contributed by atoms with Gasteiger partial charge in [-0.15, -0.1) is 0 Å². The van der Waals surface area contributed by atoms with E-state index in [4.69, 9.17) is 29.9 Å². The Morgan fingerprint density at radius 1 is 0.552 bits per heavy atom. The molecule has 4 aliphatic rings. The number of aryl methyl sites for hydroxylation is 4. The third-order valence-corrected chi connectivity index (χ3v) is 13.0. The first kappa shape index (κ1) is 33.6. The second kappa shape index (κ2) is 12.5. The summed E-state index contributed by atoms with van der Waals surface area (Å²) in [5.74, 6) is 3.19. The predicted molar refractivity (Wildman–Crippen MR) is 221 cm³/mol. The molecule has 58 heavy (non-hydrogen) atoms. The number of imidazole rings is 2. The molecule has 0 N–H and O–H groups in total. The topological polar surface area (TPSA) is 123 Å². The van der Waals surface area contributed by atoms with E-state index in [2.05, 4.69) is 87.0 Å². The number of aromatic nitrogens is 12. The molecule has 2 fully saturated rings. The fraction of sp³-hybridized carbons (Fsp3) is 0.304. The Bertz CT molecular complexity index is 2940. The molecule has 2 aliphatic heterocycles. The third-order valence-electron chi connectivity index (χ3n) is 13.0. The number of rotatable bonds is 7. The standard InChI is InChI=1S/C46H42N12/c1-25-7-5-9-36(50-25)41-43(27-13-14-47-38(16-27)30-21-48-55(3)23-30)58-33-19-34(35(20-33)46(58)54-41)40-18-29(17-39(52-40)31-22-49-56(4)24-31)44-42(37-10-6-8-26(2)51-37)53-45-28-11-12-32(15-28)57(44)45/h5-10,13-14,16-18,21-24,28,32-35H,11-12,15,19-20H2,1-4H3/t28-,32+,33-,34?,35?/m0/s1. The lowest BCUT2D eigenvalue weighted by molar-refractivity contribution is 0.483. The van der Waals surface area contributed by atoms with E-state index in [0.717, 1.165) is 104 Å². The van der Waals surface area contributed by atoms with Gasteiger partial charge in [0.1, 0.15) is 23.0 Å². The molecule has 12 nitrogen and oxygen atoms in total. The van der Waals surface area contributed by atoms with Crippen LogP contribution in [0.4, 0.5) is 0 Å². The highest BCUT2D eigenvalue weighted by molar-refractivity contribution is 5.82. The van der Waals surface area contributed by atoms with Crippen LogP contribution in [0.25, 0.3) is 67.8 Å². The molecule has 0 radical (unpaired) electrons. The van der Waals surface area contributed by atoms with Crippen LogP contribution in [0.3, 0.4) is 0 Å². The normalized spacial score (nSPS) is 21.3. The summed E-state index contributed by atoms with van der Waals surface area (Å²) in [5, 5.41) is 8.98. The van der Waals surface area contributed by atoms with Crippen molar-refractivity contribution in [3.05, 3.63) is 120 Å². The maximum Gasteiger partial charge on any atom is 0.115 e. The molecule has 10 heterocycles. The Hall–Kier alpha value is -6.56. The van der Waals surface area contributed by atoms with Crippen molar-refractivity contribution < 1.29 is 0 Å². The van der Waals surface area contributed by atoms with Crippen molar-refractivity contribution in [1.82, 2.24) is 58.6 Å². The van der Waals surface area contributed by atoms with Crippen LogP contribution >= 0.6 is 0 Å². The van der Waals surface area contributed by atoms with E-state index in [9.17, 15) is 0 Å². The van der Waals surface area contributed by atoms with Gasteiger partial charge in [0.05, 0.1) is 46.6 Å². The minimum absolute atomic E-state index is 0.183. The second-order valence-corrected chi connectivity index (χ2v) is 16.8. The van der Waals surface area contributed by atoms with Gasteiger partial charge in [-0.1, -0.05) is 12.1 Å². The third kappa shape index (κ3) is 5.13. The van der Waals surface area contributed by atoms with Gasteiger partial charge in [0.2, 0.25) is 0 Å². The zero-order valence-corrected chi connectivity index (χ0v) is 32.9. The Morgan fingerprint density at radius 2 is 1.19 bits per heavy atom. The zero-order valence-electron chi connectivity index (χ0n) is 32.9. The quantitative estimate of drug-likeness (QED) is 0.158. The average Bonchev–Trinajstić information content (AvgIpc) is 4.09. The Labute approximate surface area is 335 Å². The molecule has 286 valence electrons. The van der Waals surface area contributed by atoms with Crippen LogP contribution in [0.5, 0.6) is 0 Å². The lowest BCUT2D eigenvalue weighted by Crippen LogP contribution is -2.16. The van der Waals surface area contributed by atoms with Gasteiger partial charge in [0.15, 0.2) is 0 Å². The minimum Gasteiger partial charge on any atom is -0.324 e. The largest absolute Gasteiger partial charge is 0.324 e. The van der Waals surface area contributed by atoms with Gasteiger partial charge in [0.25, 0.3) is 0 Å². The molecule has 5 atom stereocenters. The van der Waals surface area contributed by atoms with Crippen LogP contribution in [0, 0.1) is 13.8 Å². The SMILES string of the molecule is Cc1cccc(-c2nc3n(c2-c2ccnc(-c4cnn(C)c4)c2)[C@H]2CC(c4cc(-c5c(-c6cccc(C)n6)nc6n5[C@@H]5CC[C@H]6C5)cc(-c5cnn(C)c5)n4)C3C2)n1. The first-order chi connectivity index (χ1) is 28.3. The first-order valence-corrected chi connectivity index (χ1v) is 20.4. The van der Waals surface area contributed by atoms with Crippen molar-refractivity contribution in [3.63, 3.8) is 0 Å². The first-order valence-electron chi connectivity index (χ1n) is 20.4. The molecule has 2 unspecified atom stereocenters. The lowest BCUT2D eigenvalue weighted by atomic mass is 9.89. The molecule has 2 aliphatic carbocycles. The molecule has 12 heteroatoms. The maximum atomic E-state index is 5.53. The minimum atomic E-state index is 0.183. The van der Waals surface area contributed by atoms with E-state index < -0.39 is 0 Å². The molecule has 8 aromatic rings. The Balaban J connectivity index is 1.02. The monoisotopic (exact) mass is 762 g/mol. The zero-order chi connectivity index (χ0) is 38.8. The molecule has 0 saturated heterocycles. The summed E-state index contributed by atoms with van der Waals surface area (Å²) in [7, 11) is 3.90. The smallest absolute Gasteiger partial charge is 0.115 e. The van der Waals surface area contributed by atoms with Gasteiger partial charge in [-0.3, -0.25) is 29.3 Å². The fourth-order valence-corrected chi connectivity index (χ4v) is 10.6. The van der Waals surface area contributed by atoms with Gasteiger partial charge in [-0.05, 0) is 94.5 Å². The number of hydrogen-bond acceptors (Lipinski definition) is 8. The summed E-state index contributed by atoms with van der Waals surface area (Å²) in [6.07, 6.45) is 15.3. The van der Waals surface area contributed by atoms with Crippen molar-refractivity contribution in [2.24, 2.45) is 14.1 Å². The lowest BCUT2D eigenvalue weighted by Gasteiger charge is -2.25. The van der Waals surface area contributed by atoms with E-state index in [-0.39, 0.29) is 17.9 Å². The molecule has 12 rings (SSSR count). The van der Waals surface area contributed by atoms with Gasteiger partial charge < -0.3 is 9.13 Å². The molecule has 0 amide bonds. The molecular formula is C46H42N12. The van der Waals surface area contributed by atoms with Gasteiger partial charge in [-0.25, -0.2) is 9.97 Å². The van der Waals surface area contributed by atoms with E-state index in [0.29, 0.717) is 12.0 Å². The summed E-state index contributed by atoms with van der Waals surface area (Å²) in [6, 6.07) is 22.1.